The summed E-state index contributed by atoms with van der Waals surface area (Å²) in [6.07, 6.45) is 5.22. The summed E-state index contributed by atoms with van der Waals surface area (Å²) < 4.78 is 5.73. The molecule has 0 aromatic carbocycles. The maximum atomic E-state index is 11.4. The minimum atomic E-state index is 0.276. The summed E-state index contributed by atoms with van der Waals surface area (Å²) in [4.78, 5) is 13.4. The number of ether oxygens (including phenoxy) is 1. The van der Waals surface area contributed by atoms with Crippen LogP contribution in [0.25, 0.3) is 0 Å². The van der Waals surface area contributed by atoms with Crippen molar-refractivity contribution in [2.45, 2.75) is 38.7 Å². The van der Waals surface area contributed by atoms with Crippen LogP contribution in [0.5, 0.6) is 0 Å². The summed E-state index contributed by atoms with van der Waals surface area (Å²) in [5, 5.41) is 0. The van der Waals surface area contributed by atoms with Crippen molar-refractivity contribution in [1.29, 1.82) is 0 Å². The van der Waals surface area contributed by atoms with E-state index in [1.807, 2.05) is 11.8 Å². The molecule has 0 bridgehead atoms. The minimum absolute atomic E-state index is 0.276. The van der Waals surface area contributed by atoms with Crippen molar-refractivity contribution < 1.29 is 9.53 Å². The van der Waals surface area contributed by atoms with Crippen LogP contribution in [-0.2, 0) is 9.53 Å². The van der Waals surface area contributed by atoms with Crippen molar-refractivity contribution in [2.24, 2.45) is 0 Å². The van der Waals surface area contributed by atoms with Crippen molar-refractivity contribution in [2.75, 3.05) is 25.9 Å². The van der Waals surface area contributed by atoms with Crippen molar-refractivity contribution in [3.8, 4) is 0 Å². The fraction of sp³-hybridized carbons (Fsp3) is 0.909. The van der Waals surface area contributed by atoms with Crippen LogP contribution >= 0.6 is 9.24 Å². The Morgan fingerprint density at radius 3 is 2.67 bits per heavy atom. The van der Waals surface area contributed by atoms with E-state index in [9.17, 15) is 4.79 Å². The van der Waals surface area contributed by atoms with Gasteiger partial charge in [-0.15, -0.1) is 9.24 Å². The highest BCUT2D eigenvalue weighted by Crippen LogP contribution is 2.14. The molecule has 0 aromatic rings. The molecule has 1 unspecified atom stereocenters. The second-order valence-corrected chi connectivity index (χ2v) is 4.52. The fourth-order valence-electron chi connectivity index (χ4n) is 1.83. The summed E-state index contributed by atoms with van der Waals surface area (Å²) in [5.41, 5.74) is 0. The number of likely N-dealkylation sites (tertiary alicyclic amines) is 1. The van der Waals surface area contributed by atoms with E-state index in [-0.39, 0.29) is 5.91 Å². The van der Waals surface area contributed by atoms with E-state index in [1.54, 1.807) is 0 Å². The maximum Gasteiger partial charge on any atom is 0.222 e. The van der Waals surface area contributed by atoms with Gasteiger partial charge in [-0.1, -0.05) is 6.92 Å². The van der Waals surface area contributed by atoms with Gasteiger partial charge in [-0.05, 0) is 25.4 Å². The van der Waals surface area contributed by atoms with E-state index in [4.69, 9.17) is 4.74 Å². The lowest BCUT2D eigenvalue weighted by molar-refractivity contribution is -0.133. The predicted molar refractivity (Wildman–Crippen MR) is 65.0 cm³/mol. The Labute approximate surface area is 94.7 Å². The van der Waals surface area contributed by atoms with E-state index in [1.165, 1.54) is 0 Å². The summed E-state index contributed by atoms with van der Waals surface area (Å²) in [6, 6.07) is 0. The molecule has 4 heteroatoms. The topological polar surface area (TPSA) is 29.5 Å². The van der Waals surface area contributed by atoms with Gasteiger partial charge in [0.25, 0.3) is 0 Å². The SMILES string of the molecule is CCC(=O)N1CCC(OCCCP)CC1. The molecule has 1 atom stereocenters. The molecule has 1 aliphatic rings. The van der Waals surface area contributed by atoms with Crippen LogP contribution in [0.4, 0.5) is 0 Å². The Morgan fingerprint density at radius 1 is 1.47 bits per heavy atom. The largest absolute Gasteiger partial charge is 0.378 e. The number of carbonyl (C=O) groups is 1. The van der Waals surface area contributed by atoms with Gasteiger partial charge in [-0.3, -0.25) is 4.79 Å². The van der Waals surface area contributed by atoms with Gasteiger partial charge in [0.15, 0.2) is 0 Å². The number of amides is 1. The molecule has 0 aliphatic carbocycles. The van der Waals surface area contributed by atoms with Crippen LogP contribution in [0.2, 0.25) is 0 Å². The molecular formula is C11H22NO2P. The highest BCUT2D eigenvalue weighted by Gasteiger charge is 2.21. The summed E-state index contributed by atoms with van der Waals surface area (Å²) in [5.74, 6) is 0.276. The molecular weight excluding hydrogens is 209 g/mol. The number of carbonyl (C=O) groups excluding carboxylic acids is 1. The normalized spacial score (nSPS) is 18.1. The van der Waals surface area contributed by atoms with Gasteiger partial charge in [-0.25, -0.2) is 0 Å². The van der Waals surface area contributed by atoms with Crippen LogP contribution in [0.3, 0.4) is 0 Å². The Kier molecular flexibility index (Phi) is 6.19. The first-order valence-electron chi connectivity index (χ1n) is 5.87. The van der Waals surface area contributed by atoms with Gasteiger partial charge >= 0.3 is 0 Å². The van der Waals surface area contributed by atoms with Crippen LogP contribution < -0.4 is 0 Å². The summed E-state index contributed by atoms with van der Waals surface area (Å²) in [7, 11) is 2.71. The summed E-state index contributed by atoms with van der Waals surface area (Å²) in [6.45, 7) is 4.52. The third-order valence-electron chi connectivity index (χ3n) is 2.80. The van der Waals surface area contributed by atoms with E-state index >= 15 is 0 Å². The van der Waals surface area contributed by atoms with E-state index in [0.29, 0.717) is 12.5 Å². The van der Waals surface area contributed by atoms with Gasteiger partial charge < -0.3 is 9.64 Å². The van der Waals surface area contributed by atoms with Crippen LogP contribution in [0, 0.1) is 0 Å². The molecule has 15 heavy (non-hydrogen) atoms. The monoisotopic (exact) mass is 231 g/mol. The number of piperidine rings is 1. The minimum Gasteiger partial charge on any atom is -0.378 e. The molecule has 1 saturated heterocycles. The quantitative estimate of drug-likeness (QED) is 0.532. The van der Waals surface area contributed by atoms with Gasteiger partial charge in [-0.2, -0.15) is 0 Å². The zero-order chi connectivity index (χ0) is 11.1. The zero-order valence-electron chi connectivity index (χ0n) is 9.58. The lowest BCUT2D eigenvalue weighted by Crippen LogP contribution is -2.40. The van der Waals surface area contributed by atoms with E-state index < -0.39 is 0 Å². The van der Waals surface area contributed by atoms with Gasteiger partial charge in [0.2, 0.25) is 5.91 Å². The fourth-order valence-corrected chi connectivity index (χ4v) is 2.00. The van der Waals surface area contributed by atoms with Crippen molar-refractivity contribution in [3.63, 3.8) is 0 Å². The van der Waals surface area contributed by atoms with Gasteiger partial charge in [0.05, 0.1) is 6.10 Å². The van der Waals surface area contributed by atoms with Crippen LogP contribution in [0.15, 0.2) is 0 Å². The van der Waals surface area contributed by atoms with Gasteiger partial charge in [0, 0.05) is 26.1 Å². The molecule has 0 saturated carbocycles. The Bertz CT molecular complexity index is 191. The van der Waals surface area contributed by atoms with Crippen molar-refractivity contribution >= 4 is 15.1 Å². The third-order valence-corrected chi connectivity index (χ3v) is 3.21. The summed E-state index contributed by atoms with van der Waals surface area (Å²) >= 11 is 0. The Morgan fingerprint density at radius 2 is 2.13 bits per heavy atom. The second kappa shape index (κ2) is 7.19. The lowest BCUT2D eigenvalue weighted by Gasteiger charge is -2.31. The number of hydrogen-bond acceptors (Lipinski definition) is 2. The average molecular weight is 231 g/mol. The molecule has 1 amide bonds. The molecule has 0 radical (unpaired) electrons. The molecule has 0 aromatic heterocycles. The molecule has 88 valence electrons. The second-order valence-electron chi connectivity index (χ2n) is 3.95. The number of rotatable bonds is 5. The smallest absolute Gasteiger partial charge is 0.222 e. The molecule has 0 spiro atoms. The van der Waals surface area contributed by atoms with Crippen molar-refractivity contribution in [1.82, 2.24) is 4.90 Å². The average Bonchev–Trinajstić information content (AvgIpc) is 2.29. The molecule has 0 N–H and O–H groups in total. The molecule has 1 rings (SSSR count). The predicted octanol–water partition coefficient (Wildman–Crippen LogP) is 1.67. The first-order valence-corrected chi connectivity index (χ1v) is 6.69. The van der Waals surface area contributed by atoms with E-state index in [2.05, 4.69) is 9.24 Å². The van der Waals surface area contributed by atoms with Gasteiger partial charge in [0.1, 0.15) is 0 Å². The highest BCUT2D eigenvalue weighted by atomic mass is 31.0. The third kappa shape index (κ3) is 4.48. The Hall–Kier alpha value is -0.140. The lowest BCUT2D eigenvalue weighted by atomic mass is 10.1. The first-order chi connectivity index (χ1) is 7.27. The molecule has 3 nitrogen and oxygen atoms in total. The molecule has 1 heterocycles. The Balaban J connectivity index is 2.15. The zero-order valence-corrected chi connectivity index (χ0v) is 10.7. The van der Waals surface area contributed by atoms with Crippen LogP contribution in [-0.4, -0.2) is 42.8 Å². The van der Waals surface area contributed by atoms with Crippen molar-refractivity contribution in [3.05, 3.63) is 0 Å². The number of hydrogen-bond donors (Lipinski definition) is 0. The van der Waals surface area contributed by atoms with Crippen LogP contribution in [0.1, 0.15) is 32.6 Å². The number of nitrogens with zero attached hydrogens (tertiary/aromatic N) is 1. The highest BCUT2D eigenvalue weighted by molar-refractivity contribution is 7.16. The molecule has 1 fully saturated rings. The maximum absolute atomic E-state index is 11.4. The van der Waals surface area contributed by atoms with E-state index in [0.717, 1.165) is 45.1 Å². The molecule has 1 aliphatic heterocycles. The first kappa shape index (κ1) is 12.9. The standard InChI is InChI=1S/C11H22NO2P/c1-2-11(13)12-6-4-10(5-7-12)14-8-3-9-15/h10H,2-9,15H2,1H3.